The maximum Gasteiger partial charge on any atom is 0.266 e. The normalized spacial score (nSPS) is 12.8. The molecule has 1 aliphatic heterocycles. The number of carbonyl (C=O) groups is 3. The summed E-state index contributed by atoms with van der Waals surface area (Å²) in [6.45, 7) is 2.40. The molecule has 0 spiro atoms. The first-order valence-corrected chi connectivity index (χ1v) is 12.4. The van der Waals surface area contributed by atoms with Crippen molar-refractivity contribution in [3.63, 3.8) is 0 Å². The summed E-state index contributed by atoms with van der Waals surface area (Å²) < 4.78 is 7.10. The number of fused-ring (bicyclic) bond motifs is 2. The molecule has 3 amide bonds. The highest BCUT2D eigenvalue weighted by molar-refractivity contribution is 8.01. The number of rotatable bonds is 7. The van der Waals surface area contributed by atoms with E-state index in [4.69, 9.17) is 4.74 Å². The van der Waals surface area contributed by atoms with Crippen molar-refractivity contribution < 1.29 is 19.1 Å². The van der Waals surface area contributed by atoms with Gasteiger partial charge in [-0.2, -0.15) is 0 Å². The Hall–Kier alpha value is -3.69. The minimum Gasteiger partial charge on any atom is -0.492 e. The number of hydrogen-bond acceptors (Lipinski definition) is 7. The SMILES string of the molecule is CCOc1ccccc1NC(=O)CSc1nc2ccc(N3C(=O)c4ccccc4C3=O)cc2s1. The van der Waals surface area contributed by atoms with Crippen LogP contribution in [0.4, 0.5) is 11.4 Å². The molecule has 0 saturated heterocycles. The van der Waals surface area contributed by atoms with Crippen LogP contribution in [-0.2, 0) is 4.79 Å². The average Bonchev–Trinajstić information content (AvgIpc) is 3.37. The predicted octanol–water partition coefficient (Wildman–Crippen LogP) is 5.23. The van der Waals surface area contributed by atoms with Gasteiger partial charge in [0.1, 0.15) is 5.75 Å². The number of hydrogen-bond donors (Lipinski definition) is 1. The van der Waals surface area contributed by atoms with Gasteiger partial charge in [-0.25, -0.2) is 9.88 Å². The molecule has 1 aliphatic rings. The van der Waals surface area contributed by atoms with Crippen molar-refractivity contribution in [2.45, 2.75) is 11.3 Å². The van der Waals surface area contributed by atoms with Gasteiger partial charge >= 0.3 is 0 Å². The lowest BCUT2D eigenvalue weighted by Crippen LogP contribution is -2.29. The van der Waals surface area contributed by atoms with Crippen LogP contribution in [0.5, 0.6) is 5.75 Å². The predicted molar refractivity (Wildman–Crippen MR) is 134 cm³/mol. The highest BCUT2D eigenvalue weighted by Crippen LogP contribution is 2.35. The summed E-state index contributed by atoms with van der Waals surface area (Å²) in [6, 6.07) is 19.4. The molecular weight excluding hydrogens is 470 g/mol. The van der Waals surface area contributed by atoms with E-state index < -0.39 is 0 Å². The molecule has 34 heavy (non-hydrogen) atoms. The van der Waals surface area contributed by atoms with E-state index in [2.05, 4.69) is 10.3 Å². The minimum absolute atomic E-state index is 0.164. The van der Waals surface area contributed by atoms with Gasteiger partial charge in [0, 0.05) is 0 Å². The number of aromatic nitrogens is 1. The van der Waals surface area contributed by atoms with Gasteiger partial charge in [0.25, 0.3) is 11.8 Å². The molecule has 4 aromatic rings. The number of ether oxygens (including phenoxy) is 1. The van der Waals surface area contributed by atoms with Gasteiger partial charge in [0.2, 0.25) is 5.91 Å². The molecule has 1 aromatic heterocycles. The van der Waals surface area contributed by atoms with E-state index in [1.54, 1.807) is 48.5 Å². The summed E-state index contributed by atoms with van der Waals surface area (Å²) in [5.41, 5.74) is 2.69. The molecule has 1 N–H and O–H groups in total. The molecule has 5 rings (SSSR count). The van der Waals surface area contributed by atoms with Crippen molar-refractivity contribution >= 4 is 62.4 Å². The van der Waals surface area contributed by atoms with Crippen LogP contribution in [0.15, 0.2) is 71.1 Å². The van der Waals surface area contributed by atoms with E-state index in [0.717, 1.165) is 14.6 Å². The summed E-state index contributed by atoms with van der Waals surface area (Å²) in [6.07, 6.45) is 0. The molecule has 7 nitrogen and oxygen atoms in total. The minimum atomic E-state index is -0.330. The molecule has 170 valence electrons. The van der Waals surface area contributed by atoms with Gasteiger partial charge in [-0.05, 0) is 49.4 Å². The van der Waals surface area contributed by atoms with Gasteiger partial charge in [0.05, 0.1) is 45.1 Å². The van der Waals surface area contributed by atoms with Crippen LogP contribution in [0.1, 0.15) is 27.6 Å². The Labute approximate surface area is 203 Å². The fourth-order valence-electron chi connectivity index (χ4n) is 3.68. The third kappa shape index (κ3) is 4.15. The Bertz CT molecular complexity index is 1400. The smallest absolute Gasteiger partial charge is 0.266 e. The van der Waals surface area contributed by atoms with Crippen molar-refractivity contribution in [3.05, 3.63) is 77.9 Å². The lowest BCUT2D eigenvalue weighted by molar-refractivity contribution is -0.113. The summed E-state index contributed by atoms with van der Waals surface area (Å²) in [5.74, 6) is -0.00998. The average molecular weight is 490 g/mol. The zero-order valence-corrected chi connectivity index (χ0v) is 19.7. The first-order chi connectivity index (χ1) is 16.5. The van der Waals surface area contributed by atoms with Crippen LogP contribution in [0, 0.1) is 0 Å². The van der Waals surface area contributed by atoms with Gasteiger partial charge in [0.15, 0.2) is 4.34 Å². The Morgan fingerprint density at radius 3 is 2.47 bits per heavy atom. The van der Waals surface area contributed by atoms with Crippen LogP contribution < -0.4 is 15.0 Å². The van der Waals surface area contributed by atoms with Crippen LogP contribution in [0.3, 0.4) is 0 Å². The Morgan fingerprint density at radius 2 is 1.74 bits per heavy atom. The first-order valence-electron chi connectivity index (χ1n) is 10.6. The van der Waals surface area contributed by atoms with Crippen molar-refractivity contribution in [3.8, 4) is 5.75 Å². The molecule has 3 aromatic carbocycles. The fraction of sp³-hybridized carbons (Fsp3) is 0.120. The molecule has 0 aliphatic carbocycles. The number of anilines is 2. The van der Waals surface area contributed by atoms with E-state index in [1.165, 1.54) is 28.0 Å². The Balaban J connectivity index is 1.29. The zero-order chi connectivity index (χ0) is 23.7. The van der Waals surface area contributed by atoms with E-state index in [9.17, 15) is 14.4 Å². The summed E-state index contributed by atoms with van der Waals surface area (Å²) in [4.78, 5) is 43.8. The van der Waals surface area contributed by atoms with Gasteiger partial charge < -0.3 is 10.1 Å². The number of nitrogens with zero attached hydrogens (tertiary/aromatic N) is 2. The van der Waals surface area contributed by atoms with Crippen LogP contribution in [0.2, 0.25) is 0 Å². The number of carbonyl (C=O) groups excluding carboxylic acids is 3. The summed E-state index contributed by atoms with van der Waals surface area (Å²) in [7, 11) is 0. The van der Waals surface area contributed by atoms with E-state index in [0.29, 0.717) is 34.9 Å². The van der Waals surface area contributed by atoms with E-state index >= 15 is 0 Å². The quantitative estimate of drug-likeness (QED) is 0.283. The summed E-state index contributed by atoms with van der Waals surface area (Å²) in [5, 5.41) is 2.87. The number of benzene rings is 3. The molecule has 0 saturated carbocycles. The Kier molecular flexibility index (Phi) is 6.04. The second-order valence-corrected chi connectivity index (χ2v) is 9.64. The van der Waals surface area contributed by atoms with Gasteiger partial charge in [-0.1, -0.05) is 36.0 Å². The van der Waals surface area contributed by atoms with Crippen molar-refractivity contribution in [1.82, 2.24) is 4.98 Å². The fourth-order valence-corrected chi connectivity index (χ4v) is 5.58. The molecular formula is C25H19N3O4S2. The maximum atomic E-state index is 12.8. The molecule has 9 heteroatoms. The van der Waals surface area contributed by atoms with E-state index in [1.807, 2.05) is 25.1 Å². The molecule has 0 bridgehead atoms. The number of thiazole rings is 1. The lowest BCUT2D eigenvalue weighted by atomic mass is 10.1. The van der Waals surface area contributed by atoms with Crippen molar-refractivity contribution in [1.29, 1.82) is 0 Å². The van der Waals surface area contributed by atoms with E-state index in [-0.39, 0.29) is 23.5 Å². The van der Waals surface area contributed by atoms with Gasteiger partial charge in [-0.15, -0.1) is 11.3 Å². The van der Waals surface area contributed by atoms with Gasteiger partial charge in [-0.3, -0.25) is 14.4 Å². The first kappa shape index (κ1) is 22.1. The van der Waals surface area contributed by atoms with Crippen molar-refractivity contribution in [2.24, 2.45) is 0 Å². The Morgan fingerprint density at radius 1 is 1.03 bits per heavy atom. The maximum absolute atomic E-state index is 12.8. The molecule has 0 unspecified atom stereocenters. The van der Waals surface area contributed by atoms with Crippen LogP contribution >= 0.6 is 23.1 Å². The second-order valence-electron chi connectivity index (χ2n) is 7.39. The topological polar surface area (TPSA) is 88.6 Å². The number of imide groups is 1. The highest BCUT2D eigenvalue weighted by Gasteiger charge is 2.36. The molecule has 2 heterocycles. The third-order valence-electron chi connectivity index (χ3n) is 5.19. The van der Waals surface area contributed by atoms with Crippen LogP contribution in [0.25, 0.3) is 10.2 Å². The van der Waals surface area contributed by atoms with Crippen LogP contribution in [-0.4, -0.2) is 35.1 Å². The molecule has 0 fully saturated rings. The lowest BCUT2D eigenvalue weighted by Gasteiger charge is -2.13. The highest BCUT2D eigenvalue weighted by atomic mass is 32.2. The third-order valence-corrected chi connectivity index (χ3v) is 7.35. The second kappa shape index (κ2) is 9.28. The summed E-state index contributed by atoms with van der Waals surface area (Å²) >= 11 is 2.74. The largest absolute Gasteiger partial charge is 0.492 e. The van der Waals surface area contributed by atoms with Crippen molar-refractivity contribution in [2.75, 3.05) is 22.6 Å². The molecule has 0 radical (unpaired) electrons. The number of para-hydroxylation sites is 2. The number of thioether (sulfide) groups is 1. The number of amides is 3. The zero-order valence-electron chi connectivity index (χ0n) is 18.1. The number of nitrogens with one attached hydrogen (secondary N) is 1. The standard InChI is InChI=1S/C25H19N3O4S2/c1-2-32-20-10-6-5-9-18(20)26-22(29)14-33-25-27-19-12-11-15(13-21(19)34-25)28-23(30)16-7-3-4-8-17(16)24(28)31/h3-13H,2,14H2,1H3,(H,26,29). The molecule has 0 atom stereocenters. The monoisotopic (exact) mass is 489 g/mol.